The summed E-state index contributed by atoms with van der Waals surface area (Å²) in [6.45, 7) is 0.965. The van der Waals surface area contributed by atoms with Crippen LogP contribution in [0.5, 0.6) is 0 Å². The summed E-state index contributed by atoms with van der Waals surface area (Å²) < 4.78 is 29.6. The quantitative estimate of drug-likeness (QED) is 0.640. The van der Waals surface area contributed by atoms with E-state index in [0.717, 1.165) is 0 Å². The second kappa shape index (κ2) is 2.97. The molecule has 0 aliphatic heterocycles. The van der Waals surface area contributed by atoms with Gasteiger partial charge in [0.15, 0.2) is 0 Å². The Balaban J connectivity index is 2.51. The zero-order chi connectivity index (χ0) is 9.35. The lowest BCUT2D eigenvalue weighted by Gasteiger charge is -1.97. The molecule has 1 saturated carbocycles. The highest BCUT2D eigenvalue weighted by Gasteiger charge is 2.72. The molecule has 0 saturated heterocycles. The first-order chi connectivity index (χ1) is 5.55. The first-order valence-electron chi connectivity index (χ1n) is 3.71. The number of ether oxygens (including phenoxy) is 1. The molecule has 2 unspecified atom stereocenters. The number of esters is 1. The molecular weight excluding hydrogens is 170 g/mol. The van der Waals surface area contributed by atoms with E-state index < -0.39 is 30.3 Å². The molecule has 1 fully saturated rings. The molecule has 0 radical (unpaired) electrons. The summed E-state index contributed by atoms with van der Waals surface area (Å²) in [6.07, 6.45) is 0. The van der Waals surface area contributed by atoms with Gasteiger partial charge in [-0.15, -0.1) is 0 Å². The molecule has 5 heteroatoms. The summed E-state index contributed by atoms with van der Waals surface area (Å²) in [5.74, 6) is -6.65. The lowest BCUT2D eigenvalue weighted by atomic mass is 10.3. The van der Waals surface area contributed by atoms with Crippen molar-refractivity contribution < 1.29 is 23.4 Å². The van der Waals surface area contributed by atoms with Crippen LogP contribution < -0.4 is 0 Å². The third-order valence-electron chi connectivity index (χ3n) is 1.94. The molecule has 0 amide bonds. The smallest absolute Gasteiger partial charge is 0.315 e. The Morgan fingerprint density at radius 1 is 1.67 bits per heavy atom. The van der Waals surface area contributed by atoms with Gasteiger partial charge < -0.3 is 9.84 Å². The van der Waals surface area contributed by atoms with Gasteiger partial charge in [-0.3, -0.25) is 4.79 Å². The maximum atomic E-state index is 12.6. The van der Waals surface area contributed by atoms with E-state index in [9.17, 15) is 13.6 Å². The van der Waals surface area contributed by atoms with Crippen molar-refractivity contribution >= 4 is 5.97 Å². The molecule has 1 aliphatic carbocycles. The molecule has 1 aliphatic rings. The van der Waals surface area contributed by atoms with Crippen LogP contribution in [-0.4, -0.2) is 30.2 Å². The molecular formula is C7H10F2O3. The highest BCUT2D eigenvalue weighted by molar-refractivity contribution is 5.78. The van der Waals surface area contributed by atoms with Gasteiger partial charge in [-0.25, -0.2) is 8.78 Å². The highest BCUT2D eigenvalue weighted by Crippen LogP contribution is 2.55. The second-order valence-electron chi connectivity index (χ2n) is 2.69. The molecule has 70 valence electrons. The Bertz CT molecular complexity index is 193. The van der Waals surface area contributed by atoms with Gasteiger partial charge in [0.1, 0.15) is 5.92 Å². The Morgan fingerprint density at radius 2 is 2.25 bits per heavy atom. The first-order valence-corrected chi connectivity index (χ1v) is 3.71. The molecule has 0 aromatic rings. The van der Waals surface area contributed by atoms with Crippen molar-refractivity contribution in [2.75, 3.05) is 13.2 Å². The van der Waals surface area contributed by atoms with E-state index in [0.29, 0.717) is 0 Å². The predicted octanol–water partition coefficient (Wildman–Crippen LogP) is 0.423. The van der Waals surface area contributed by atoms with Gasteiger partial charge in [-0.05, 0) is 6.92 Å². The topological polar surface area (TPSA) is 46.5 Å². The molecule has 0 heterocycles. The Labute approximate surface area is 68.3 Å². The van der Waals surface area contributed by atoms with Gasteiger partial charge in [-0.2, -0.15) is 0 Å². The second-order valence-corrected chi connectivity index (χ2v) is 2.69. The molecule has 1 N–H and O–H groups in total. The van der Waals surface area contributed by atoms with E-state index in [1.807, 2.05) is 0 Å². The Kier molecular flexibility index (Phi) is 2.32. The minimum absolute atomic E-state index is 0.0869. The van der Waals surface area contributed by atoms with E-state index in [4.69, 9.17) is 5.11 Å². The monoisotopic (exact) mass is 180 g/mol. The normalized spacial score (nSPS) is 31.3. The Hall–Kier alpha value is -0.710. The van der Waals surface area contributed by atoms with Gasteiger partial charge in [0.25, 0.3) is 5.92 Å². The molecule has 1 rings (SSSR count). The number of halogens is 2. The van der Waals surface area contributed by atoms with E-state index in [2.05, 4.69) is 4.74 Å². The third kappa shape index (κ3) is 1.29. The number of aliphatic hydroxyl groups excluding tert-OH is 1. The summed E-state index contributed by atoms with van der Waals surface area (Å²) in [5, 5.41) is 8.44. The van der Waals surface area contributed by atoms with Gasteiger partial charge in [-0.1, -0.05) is 0 Å². The van der Waals surface area contributed by atoms with Crippen molar-refractivity contribution in [3.8, 4) is 0 Å². The van der Waals surface area contributed by atoms with Gasteiger partial charge in [0.2, 0.25) is 0 Å². The van der Waals surface area contributed by atoms with Crippen molar-refractivity contribution in [2.45, 2.75) is 12.8 Å². The predicted molar refractivity (Wildman–Crippen MR) is 35.6 cm³/mol. The molecule has 2 atom stereocenters. The summed E-state index contributed by atoms with van der Waals surface area (Å²) in [6, 6.07) is 0. The van der Waals surface area contributed by atoms with Crippen LogP contribution in [0.2, 0.25) is 0 Å². The number of carbonyl (C=O) groups excluding carboxylic acids is 1. The van der Waals surface area contributed by atoms with Gasteiger partial charge in [0, 0.05) is 0 Å². The minimum Gasteiger partial charge on any atom is -0.466 e. The molecule has 0 aromatic carbocycles. The van der Waals surface area contributed by atoms with Crippen LogP contribution in [0.1, 0.15) is 6.92 Å². The average molecular weight is 180 g/mol. The van der Waals surface area contributed by atoms with Crippen LogP contribution >= 0.6 is 0 Å². The summed E-state index contributed by atoms with van der Waals surface area (Å²) in [7, 11) is 0. The number of hydrogen-bond donors (Lipinski definition) is 1. The van der Waals surface area contributed by atoms with Crippen LogP contribution in [0.4, 0.5) is 8.78 Å². The SMILES string of the molecule is CCOC(=O)C1C(CO)C1(F)F. The molecule has 12 heavy (non-hydrogen) atoms. The number of rotatable bonds is 3. The lowest BCUT2D eigenvalue weighted by molar-refractivity contribution is -0.147. The summed E-state index contributed by atoms with van der Waals surface area (Å²) in [5.41, 5.74) is 0. The molecule has 0 spiro atoms. The molecule has 0 aromatic heterocycles. The first kappa shape index (κ1) is 9.38. The van der Waals surface area contributed by atoms with Crippen LogP contribution in [0, 0.1) is 11.8 Å². The highest BCUT2D eigenvalue weighted by atomic mass is 19.3. The average Bonchev–Trinajstić information content (AvgIpc) is 2.53. The minimum atomic E-state index is -3.07. The maximum Gasteiger partial charge on any atom is 0.315 e. The fourth-order valence-corrected chi connectivity index (χ4v) is 1.17. The Morgan fingerprint density at radius 3 is 2.58 bits per heavy atom. The standard InChI is InChI=1S/C7H10F2O3/c1-2-12-6(11)5-4(3-10)7(5,8)9/h4-5,10H,2-3H2,1H3. The molecule has 3 nitrogen and oxygen atoms in total. The van der Waals surface area contributed by atoms with Crippen LogP contribution in [0.15, 0.2) is 0 Å². The van der Waals surface area contributed by atoms with E-state index in [1.165, 1.54) is 0 Å². The number of hydrogen-bond acceptors (Lipinski definition) is 3. The summed E-state index contributed by atoms with van der Waals surface area (Å²) >= 11 is 0. The van der Waals surface area contributed by atoms with E-state index in [1.54, 1.807) is 6.92 Å². The molecule has 0 bridgehead atoms. The van der Waals surface area contributed by atoms with E-state index in [-0.39, 0.29) is 6.61 Å². The largest absolute Gasteiger partial charge is 0.466 e. The van der Waals surface area contributed by atoms with Crippen molar-refractivity contribution in [3.63, 3.8) is 0 Å². The van der Waals surface area contributed by atoms with Crippen molar-refractivity contribution in [3.05, 3.63) is 0 Å². The van der Waals surface area contributed by atoms with Crippen molar-refractivity contribution in [2.24, 2.45) is 11.8 Å². The lowest BCUT2D eigenvalue weighted by Crippen LogP contribution is -2.11. The maximum absolute atomic E-state index is 12.6. The van der Waals surface area contributed by atoms with Gasteiger partial charge in [0.05, 0.1) is 19.1 Å². The number of alkyl halides is 2. The number of aliphatic hydroxyl groups is 1. The van der Waals surface area contributed by atoms with Crippen molar-refractivity contribution in [1.82, 2.24) is 0 Å². The van der Waals surface area contributed by atoms with Crippen LogP contribution in [0.3, 0.4) is 0 Å². The van der Waals surface area contributed by atoms with Crippen LogP contribution in [0.25, 0.3) is 0 Å². The fourth-order valence-electron chi connectivity index (χ4n) is 1.17. The van der Waals surface area contributed by atoms with E-state index >= 15 is 0 Å². The summed E-state index contributed by atoms with van der Waals surface area (Å²) in [4.78, 5) is 10.8. The third-order valence-corrected chi connectivity index (χ3v) is 1.94. The zero-order valence-electron chi connectivity index (χ0n) is 6.59. The van der Waals surface area contributed by atoms with Crippen LogP contribution in [-0.2, 0) is 9.53 Å². The number of carbonyl (C=O) groups is 1. The zero-order valence-corrected chi connectivity index (χ0v) is 6.59. The van der Waals surface area contributed by atoms with Gasteiger partial charge >= 0.3 is 5.97 Å². The van der Waals surface area contributed by atoms with Crippen molar-refractivity contribution in [1.29, 1.82) is 0 Å². The fraction of sp³-hybridized carbons (Fsp3) is 0.857.